The highest BCUT2D eigenvalue weighted by atomic mass is 127. The zero-order valence-corrected chi connectivity index (χ0v) is 16.4. The van der Waals surface area contributed by atoms with Gasteiger partial charge < -0.3 is 16.0 Å². The number of aryl methyl sites for hydroxylation is 1. The van der Waals surface area contributed by atoms with Gasteiger partial charge in [-0.2, -0.15) is 13.2 Å². The fraction of sp³-hybridized carbons (Fsp3) is 0.222. The van der Waals surface area contributed by atoms with Crippen LogP contribution in [0.25, 0.3) is 0 Å². The molecule has 0 fully saturated rings. The molecule has 9 heteroatoms. The Bertz CT molecular complexity index is 841. The van der Waals surface area contributed by atoms with Crippen LogP contribution in [0.5, 0.6) is 0 Å². The zero-order valence-electron chi connectivity index (χ0n) is 14.3. The van der Waals surface area contributed by atoms with Crippen molar-refractivity contribution in [2.75, 3.05) is 23.7 Å². The Morgan fingerprint density at radius 1 is 1.07 bits per heavy atom. The van der Waals surface area contributed by atoms with Crippen LogP contribution in [-0.4, -0.2) is 31.1 Å². The van der Waals surface area contributed by atoms with Gasteiger partial charge in [0.2, 0.25) is 5.91 Å². The molecule has 0 aromatic heterocycles. The van der Waals surface area contributed by atoms with Crippen LogP contribution < -0.4 is 16.0 Å². The third-order valence-corrected chi connectivity index (χ3v) is 4.48. The van der Waals surface area contributed by atoms with E-state index in [0.717, 1.165) is 9.13 Å². The van der Waals surface area contributed by atoms with Crippen LogP contribution in [-0.2, 0) is 4.79 Å². The molecule has 2 amide bonds. The number of halogens is 4. The average molecular weight is 491 g/mol. The first kappa shape index (κ1) is 21.0. The molecule has 0 aliphatic carbocycles. The molecule has 5 nitrogen and oxygen atoms in total. The quantitative estimate of drug-likeness (QED) is 0.537. The Kier molecular flexibility index (Phi) is 7.05. The van der Waals surface area contributed by atoms with Gasteiger partial charge in [0.1, 0.15) is 6.54 Å². The number of para-hydroxylation sites is 1. The zero-order chi connectivity index (χ0) is 20.0. The van der Waals surface area contributed by atoms with Crippen molar-refractivity contribution < 1.29 is 22.8 Å². The van der Waals surface area contributed by atoms with E-state index in [9.17, 15) is 22.8 Å². The van der Waals surface area contributed by atoms with Crippen molar-refractivity contribution in [2.24, 2.45) is 0 Å². The molecule has 2 aromatic rings. The van der Waals surface area contributed by atoms with Crippen molar-refractivity contribution in [1.29, 1.82) is 0 Å². The first-order valence-electron chi connectivity index (χ1n) is 7.89. The summed E-state index contributed by atoms with van der Waals surface area (Å²) in [7, 11) is 0. The number of anilines is 2. The van der Waals surface area contributed by atoms with Gasteiger partial charge in [-0.3, -0.25) is 9.59 Å². The number of hydrogen-bond donors (Lipinski definition) is 3. The van der Waals surface area contributed by atoms with E-state index < -0.39 is 18.6 Å². The lowest BCUT2D eigenvalue weighted by atomic mass is 10.1. The number of rotatable bonds is 6. The van der Waals surface area contributed by atoms with E-state index in [-0.39, 0.29) is 18.0 Å². The molecule has 27 heavy (non-hydrogen) atoms. The smallest absolute Gasteiger partial charge is 0.376 e. The highest BCUT2D eigenvalue weighted by Gasteiger charge is 2.28. The summed E-state index contributed by atoms with van der Waals surface area (Å²) in [6.45, 7) is 0.303. The second kappa shape index (κ2) is 9.07. The predicted molar refractivity (Wildman–Crippen MR) is 106 cm³/mol. The van der Waals surface area contributed by atoms with Gasteiger partial charge in [-0.15, -0.1) is 0 Å². The monoisotopic (exact) mass is 491 g/mol. The summed E-state index contributed by atoms with van der Waals surface area (Å²) >= 11 is 2.10. The summed E-state index contributed by atoms with van der Waals surface area (Å²) in [4.78, 5) is 24.0. The van der Waals surface area contributed by atoms with Crippen molar-refractivity contribution in [2.45, 2.75) is 13.1 Å². The summed E-state index contributed by atoms with van der Waals surface area (Å²) in [5.41, 5.74) is 2.00. The SMILES string of the molecule is Cc1ccc(C(=O)NCC(F)(F)F)cc1NCC(=O)Nc1ccccc1I. The van der Waals surface area contributed by atoms with Crippen LogP contribution in [0.15, 0.2) is 42.5 Å². The van der Waals surface area contributed by atoms with Crippen LogP contribution >= 0.6 is 22.6 Å². The summed E-state index contributed by atoms with van der Waals surface area (Å²) in [6.07, 6.45) is -4.48. The first-order chi connectivity index (χ1) is 12.7. The Morgan fingerprint density at radius 2 is 1.78 bits per heavy atom. The number of nitrogens with one attached hydrogen (secondary N) is 3. The molecule has 0 aliphatic rings. The normalized spacial score (nSPS) is 11.0. The number of alkyl halides is 3. The van der Waals surface area contributed by atoms with E-state index in [1.165, 1.54) is 12.1 Å². The summed E-state index contributed by atoms with van der Waals surface area (Å²) < 4.78 is 37.6. The molecule has 0 saturated carbocycles. The molecular formula is C18H17F3IN3O2. The molecule has 0 aliphatic heterocycles. The Labute approximate surface area is 167 Å². The molecule has 144 valence electrons. The summed E-state index contributed by atoms with van der Waals surface area (Å²) in [5, 5.41) is 7.48. The minimum absolute atomic E-state index is 0.0561. The lowest BCUT2D eigenvalue weighted by Crippen LogP contribution is -2.33. The van der Waals surface area contributed by atoms with Gasteiger partial charge in [-0.25, -0.2) is 0 Å². The highest BCUT2D eigenvalue weighted by Crippen LogP contribution is 2.19. The maximum Gasteiger partial charge on any atom is 0.405 e. The van der Waals surface area contributed by atoms with Gasteiger partial charge in [-0.05, 0) is 59.3 Å². The highest BCUT2D eigenvalue weighted by molar-refractivity contribution is 14.1. The second-order valence-corrected chi connectivity index (χ2v) is 6.87. The molecule has 3 N–H and O–H groups in total. The minimum atomic E-state index is -4.48. The number of carbonyl (C=O) groups is 2. The van der Waals surface area contributed by atoms with Crippen LogP contribution in [0.1, 0.15) is 15.9 Å². The van der Waals surface area contributed by atoms with Crippen LogP contribution in [0.3, 0.4) is 0 Å². The van der Waals surface area contributed by atoms with E-state index in [4.69, 9.17) is 0 Å². The third-order valence-electron chi connectivity index (χ3n) is 3.54. The molecule has 0 unspecified atom stereocenters. The van der Waals surface area contributed by atoms with E-state index in [0.29, 0.717) is 11.4 Å². The van der Waals surface area contributed by atoms with Gasteiger partial charge in [0.25, 0.3) is 5.91 Å². The van der Waals surface area contributed by atoms with Crippen LogP contribution in [0.2, 0.25) is 0 Å². The first-order valence-corrected chi connectivity index (χ1v) is 8.97. The van der Waals surface area contributed by atoms with Crippen molar-refractivity contribution >= 4 is 45.8 Å². The maximum absolute atomic E-state index is 12.2. The summed E-state index contributed by atoms with van der Waals surface area (Å²) in [6, 6.07) is 11.7. The fourth-order valence-electron chi connectivity index (χ4n) is 2.17. The molecule has 0 heterocycles. The third kappa shape index (κ3) is 6.74. The van der Waals surface area contributed by atoms with Crippen molar-refractivity contribution in [3.63, 3.8) is 0 Å². The topological polar surface area (TPSA) is 70.2 Å². The molecule has 0 bridgehead atoms. The standard InChI is InChI=1S/C18H17F3IN3O2/c1-11-6-7-12(17(27)24-10-18(19,20)21)8-15(11)23-9-16(26)25-14-5-3-2-4-13(14)22/h2-8,23H,9-10H2,1H3,(H,24,27)(H,25,26). The Hall–Kier alpha value is -2.30. The average Bonchev–Trinajstić information content (AvgIpc) is 2.60. The van der Waals surface area contributed by atoms with E-state index in [1.807, 2.05) is 17.4 Å². The Morgan fingerprint density at radius 3 is 2.44 bits per heavy atom. The number of benzene rings is 2. The minimum Gasteiger partial charge on any atom is -0.376 e. The summed E-state index contributed by atoms with van der Waals surface area (Å²) in [5.74, 6) is -1.12. The predicted octanol–water partition coefficient (Wildman–Crippen LogP) is 3.94. The molecule has 2 rings (SSSR count). The molecule has 0 atom stereocenters. The number of amides is 2. The largest absolute Gasteiger partial charge is 0.405 e. The van der Waals surface area contributed by atoms with Crippen LogP contribution in [0, 0.1) is 10.5 Å². The van der Waals surface area contributed by atoms with Crippen molar-refractivity contribution in [3.05, 3.63) is 57.2 Å². The van der Waals surface area contributed by atoms with Gasteiger partial charge in [0, 0.05) is 14.8 Å². The molecule has 2 aromatic carbocycles. The van der Waals surface area contributed by atoms with Gasteiger partial charge in [0.05, 0.1) is 12.2 Å². The number of carbonyl (C=O) groups excluding carboxylic acids is 2. The van der Waals surface area contributed by atoms with Crippen molar-refractivity contribution in [3.8, 4) is 0 Å². The van der Waals surface area contributed by atoms with E-state index in [2.05, 4.69) is 33.2 Å². The van der Waals surface area contributed by atoms with Crippen LogP contribution in [0.4, 0.5) is 24.5 Å². The lowest BCUT2D eigenvalue weighted by molar-refractivity contribution is -0.123. The molecule has 0 radical (unpaired) electrons. The van der Waals surface area contributed by atoms with Crippen molar-refractivity contribution in [1.82, 2.24) is 5.32 Å². The van der Waals surface area contributed by atoms with E-state index >= 15 is 0 Å². The molecule has 0 saturated heterocycles. The Balaban J connectivity index is 1.98. The maximum atomic E-state index is 12.2. The van der Waals surface area contributed by atoms with E-state index in [1.54, 1.807) is 25.1 Å². The van der Waals surface area contributed by atoms with Gasteiger partial charge in [0.15, 0.2) is 0 Å². The van der Waals surface area contributed by atoms with Gasteiger partial charge >= 0.3 is 6.18 Å². The molecule has 0 spiro atoms. The second-order valence-electron chi connectivity index (χ2n) is 5.71. The lowest BCUT2D eigenvalue weighted by Gasteiger charge is -2.13. The number of hydrogen-bond acceptors (Lipinski definition) is 3. The van der Waals surface area contributed by atoms with Gasteiger partial charge in [-0.1, -0.05) is 18.2 Å². The molecular weight excluding hydrogens is 474 g/mol. The fourth-order valence-corrected chi connectivity index (χ4v) is 2.69.